The largest absolute Gasteiger partial charge is 0.288 e. The highest BCUT2D eigenvalue weighted by Gasteiger charge is 2.34. The van der Waals surface area contributed by atoms with Gasteiger partial charge in [-0.3, -0.25) is 9.69 Å². The molecule has 1 amide bonds. The number of halogens is 1. The molecule has 0 saturated carbocycles. The molecule has 2 unspecified atom stereocenters. The Morgan fingerprint density at radius 3 is 2.43 bits per heavy atom. The van der Waals surface area contributed by atoms with Crippen molar-refractivity contribution in [3.05, 3.63) is 106 Å². The SMILES string of the molecule is CC1CC(C)CN(S(=O)(=O)c2cccc(-c3nn(-c4ccccc4)cc3C=C3SC(=S)N(Cc4ccccc4Cl)C3=O)c2)C1. The van der Waals surface area contributed by atoms with E-state index in [2.05, 4.69) is 13.8 Å². The summed E-state index contributed by atoms with van der Waals surface area (Å²) in [7, 11) is -3.71. The van der Waals surface area contributed by atoms with Crippen molar-refractivity contribution >= 4 is 61.9 Å². The zero-order chi connectivity index (χ0) is 31.0. The molecule has 6 rings (SSSR count). The Balaban J connectivity index is 1.38. The number of thioether (sulfide) groups is 1. The van der Waals surface area contributed by atoms with Crippen LogP contribution in [0.25, 0.3) is 23.0 Å². The highest BCUT2D eigenvalue weighted by Crippen LogP contribution is 2.37. The van der Waals surface area contributed by atoms with Gasteiger partial charge in [0, 0.05) is 35.4 Å². The molecule has 1 aromatic heterocycles. The quantitative estimate of drug-likeness (QED) is 0.153. The number of aromatic nitrogens is 2. The van der Waals surface area contributed by atoms with E-state index in [0.29, 0.717) is 56.0 Å². The van der Waals surface area contributed by atoms with Gasteiger partial charge in [-0.2, -0.15) is 9.40 Å². The van der Waals surface area contributed by atoms with E-state index in [9.17, 15) is 13.2 Å². The molecule has 0 aliphatic carbocycles. The second kappa shape index (κ2) is 12.6. The molecule has 7 nitrogen and oxygen atoms in total. The number of nitrogens with zero attached hydrogens (tertiary/aromatic N) is 4. The maximum atomic E-state index is 13.8. The summed E-state index contributed by atoms with van der Waals surface area (Å²) in [5.41, 5.74) is 3.50. The average molecular weight is 663 g/mol. The van der Waals surface area contributed by atoms with Gasteiger partial charge in [0.1, 0.15) is 10.0 Å². The van der Waals surface area contributed by atoms with Gasteiger partial charge in [-0.25, -0.2) is 13.1 Å². The maximum absolute atomic E-state index is 13.8. The molecule has 3 aromatic carbocycles. The van der Waals surface area contributed by atoms with Crippen LogP contribution in [0, 0.1) is 11.8 Å². The first-order valence-corrected chi connectivity index (χ1v) is 17.4. The van der Waals surface area contributed by atoms with Crippen LogP contribution in [0.15, 0.2) is 94.9 Å². The molecule has 0 radical (unpaired) electrons. The van der Waals surface area contributed by atoms with Gasteiger partial charge in [-0.1, -0.05) is 98.0 Å². The number of para-hydroxylation sites is 1. The van der Waals surface area contributed by atoms with Crippen molar-refractivity contribution in [1.29, 1.82) is 0 Å². The molecule has 226 valence electrons. The van der Waals surface area contributed by atoms with Gasteiger partial charge in [-0.15, -0.1) is 0 Å². The monoisotopic (exact) mass is 662 g/mol. The Kier molecular flexibility index (Phi) is 8.81. The second-order valence-corrected chi connectivity index (χ2v) is 15.4. The van der Waals surface area contributed by atoms with Crippen LogP contribution in [0.3, 0.4) is 0 Å². The molecule has 2 atom stereocenters. The lowest BCUT2D eigenvalue weighted by atomic mass is 9.94. The number of carbonyl (C=O) groups is 1. The van der Waals surface area contributed by atoms with Crippen molar-refractivity contribution in [3.63, 3.8) is 0 Å². The number of benzene rings is 3. The summed E-state index contributed by atoms with van der Waals surface area (Å²) in [6, 6.07) is 23.9. The van der Waals surface area contributed by atoms with E-state index < -0.39 is 10.0 Å². The second-order valence-electron chi connectivity index (χ2n) is 11.4. The highest BCUT2D eigenvalue weighted by molar-refractivity contribution is 8.26. The molecule has 11 heteroatoms. The fourth-order valence-corrected chi connectivity index (χ4v) is 8.93. The predicted molar refractivity (Wildman–Crippen MR) is 181 cm³/mol. The third kappa shape index (κ3) is 6.27. The lowest BCUT2D eigenvalue weighted by Gasteiger charge is -2.34. The number of hydrogen-bond donors (Lipinski definition) is 0. The first-order valence-electron chi connectivity index (χ1n) is 14.3. The van der Waals surface area contributed by atoms with E-state index in [-0.39, 0.29) is 17.3 Å². The number of piperidine rings is 1. The first-order chi connectivity index (χ1) is 21.1. The van der Waals surface area contributed by atoms with E-state index in [1.165, 1.54) is 11.8 Å². The smallest absolute Gasteiger partial charge is 0.266 e. The van der Waals surface area contributed by atoms with Crippen molar-refractivity contribution < 1.29 is 13.2 Å². The van der Waals surface area contributed by atoms with Gasteiger partial charge in [-0.05, 0) is 60.2 Å². The predicted octanol–water partition coefficient (Wildman–Crippen LogP) is 7.26. The lowest BCUT2D eigenvalue weighted by molar-refractivity contribution is -0.122. The first kappa shape index (κ1) is 30.7. The van der Waals surface area contributed by atoms with Gasteiger partial charge in [0.05, 0.1) is 22.0 Å². The third-order valence-electron chi connectivity index (χ3n) is 7.79. The fraction of sp³-hybridized carbons (Fsp3) is 0.242. The van der Waals surface area contributed by atoms with Crippen LogP contribution >= 0.6 is 35.6 Å². The molecule has 0 N–H and O–H groups in total. The normalized spacial score (nSPS) is 20.5. The van der Waals surface area contributed by atoms with E-state index in [0.717, 1.165) is 17.7 Å². The molecular formula is C33H31ClN4O3S3. The molecule has 2 aliphatic heterocycles. The Morgan fingerprint density at radius 1 is 1.00 bits per heavy atom. The molecular weight excluding hydrogens is 632 g/mol. The zero-order valence-corrected chi connectivity index (χ0v) is 27.5. The number of amides is 1. The Labute approximate surface area is 272 Å². The Hall–Kier alpha value is -3.28. The Bertz CT molecular complexity index is 1860. The lowest BCUT2D eigenvalue weighted by Crippen LogP contribution is -2.42. The highest BCUT2D eigenvalue weighted by atomic mass is 35.5. The van der Waals surface area contributed by atoms with Crippen molar-refractivity contribution in [2.75, 3.05) is 13.1 Å². The van der Waals surface area contributed by atoms with E-state index in [1.807, 2.05) is 60.8 Å². The summed E-state index contributed by atoms with van der Waals surface area (Å²) in [6.45, 7) is 5.45. The number of carbonyl (C=O) groups excluding carboxylic acids is 1. The number of rotatable bonds is 7. The maximum Gasteiger partial charge on any atom is 0.266 e. The minimum absolute atomic E-state index is 0.219. The van der Waals surface area contributed by atoms with Gasteiger partial charge in [0.2, 0.25) is 10.0 Å². The van der Waals surface area contributed by atoms with Crippen LogP contribution in [0.4, 0.5) is 0 Å². The minimum atomic E-state index is -3.71. The van der Waals surface area contributed by atoms with Crippen LogP contribution in [-0.4, -0.2) is 50.7 Å². The van der Waals surface area contributed by atoms with Crippen LogP contribution in [0.5, 0.6) is 0 Å². The van der Waals surface area contributed by atoms with E-state index in [1.54, 1.807) is 44.2 Å². The molecule has 2 saturated heterocycles. The number of sulfonamides is 1. The molecule has 2 aliphatic rings. The fourth-order valence-electron chi connectivity index (χ4n) is 5.76. The summed E-state index contributed by atoms with van der Waals surface area (Å²) >= 11 is 13.2. The number of thiocarbonyl (C=S) groups is 1. The standard InChI is InChI=1S/C33H31ClN4O3S3/c1-22-15-23(2)19-36(18-22)44(40,41)28-13-8-10-24(16-28)31-26(21-38(35-31)27-11-4-3-5-12-27)17-30-32(39)37(33(42)43-30)20-25-9-6-7-14-29(25)34/h3-14,16-17,21-23H,15,18-20H2,1-2H3. The molecule has 0 bridgehead atoms. The van der Waals surface area contributed by atoms with Crippen LogP contribution in [0.2, 0.25) is 5.02 Å². The van der Waals surface area contributed by atoms with Gasteiger partial charge in [0.25, 0.3) is 5.91 Å². The van der Waals surface area contributed by atoms with Crippen LogP contribution in [0.1, 0.15) is 31.4 Å². The van der Waals surface area contributed by atoms with Crippen molar-refractivity contribution in [3.8, 4) is 16.9 Å². The van der Waals surface area contributed by atoms with E-state index >= 15 is 0 Å². The van der Waals surface area contributed by atoms with Crippen molar-refractivity contribution in [2.45, 2.75) is 31.7 Å². The molecule has 4 aromatic rings. The topological polar surface area (TPSA) is 75.5 Å². The summed E-state index contributed by atoms with van der Waals surface area (Å²) in [4.78, 5) is 15.8. The van der Waals surface area contributed by atoms with Crippen LogP contribution in [-0.2, 0) is 21.4 Å². The van der Waals surface area contributed by atoms with Crippen molar-refractivity contribution in [1.82, 2.24) is 19.0 Å². The van der Waals surface area contributed by atoms with Gasteiger partial charge >= 0.3 is 0 Å². The summed E-state index contributed by atoms with van der Waals surface area (Å²) in [5, 5.41) is 5.44. The van der Waals surface area contributed by atoms with Gasteiger partial charge < -0.3 is 0 Å². The van der Waals surface area contributed by atoms with Crippen LogP contribution < -0.4 is 0 Å². The van der Waals surface area contributed by atoms with Crippen molar-refractivity contribution in [2.24, 2.45) is 11.8 Å². The number of hydrogen-bond acceptors (Lipinski definition) is 6. The molecule has 3 heterocycles. The third-order valence-corrected chi connectivity index (χ3v) is 11.4. The molecule has 44 heavy (non-hydrogen) atoms. The summed E-state index contributed by atoms with van der Waals surface area (Å²) in [6.07, 6.45) is 4.64. The van der Waals surface area contributed by atoms with E-state index in [4.69, 9.17) is 28.9 Å². The molecule has 2 fully saturated rings. The minimum Gasteiger partial charge on any atom is -0.288 e. The Morgan fingerprint density at radius 2 is 1.70 bits per heavy atom. The average Bonchev–Trinajstić information content (AvgIpc) is 3.54. The molecule has 0 spiro atoms. The zero-order valence-electron chi connectivity index (χ0n) is 24.3. The summed E-state index contributed by atoms with van der Waals surface area (Å²) < 4.78 is 31.3. The van der Waals surface area contributed by atoms with Gasteiger partial charge in [0.15, 0.2) is 0 Å². The summed E-state index contributed by atoms with van der Waals surface area (Å²) in [5.74, 6) is 0.367.